The van der Waals surface area contributed by atoms with Crippen LogP contribution in [0.4, 0.5) is 5.69 Å². The second-order valence-electron chi connectivity index (χ2n) is 4.43. The first-order valence-corrected chi connectivity index (χ1v) is 7.79. The predicted molar refractivity (Wildman–Crippen MR) is 78.4 cm³/mol. The second-order valence-corrected chi connectivity index (χ2v) is 6.08. The maximum atomic E-state index is 12.4. The molecule has 1 amide bonds. The third-order valence-electron chi connectivity index (χ3n) is 3.08. The Morgan fingerprint density at radius 1 is 1.38 bits per heavy atom. The Morgan fingerprint density at radius 3 is 2.62 bits per heavy atom. The Hall–Kier alpha value is -2.35. The highest BCUT2D eigenvalue weighted by Gasteiger charge is 2.22. The van der Waals surface area contributed by atoms with Gasteiger partial charge < -0.3 is 5.73 Å². The minimum Gasteiger partial charge on any atom is -0.366 e. The molecule has 0 aliphatic heterocycles. The van der Waals surface area contributed by atoms with Crippen LogP contribution in [0.15, 0.2) is 35.4 Å². The van der Waals surface area contributed by atoms with Crippen LogP contribution in [-0.2, 0) is 16.6 Å². The molecule has 8 heteroatoms. The van der Waals surface area contributed by atoms with Crippen LogP contribution < -0.4 is 10.5 Å². The first kappa shape index (κ1) is 15.0. The van der Waals surface area contributed by atoms with E-state index >= 15 is 0 Å². The van der Waals surface area contributed by atoms with Gasteiger partial charge in [0, 0.05) is 6.54 Å². The topological polar surface area (TPSA) is 107 Å². The Morgan fingerprint density at radius 2 is 2.05 bits per heavy atom. The molecular weight excluding hydrogens is 292 g/mol. The van der Waals surface area contributed by atoms with Crippen molar-refractivity contribution in [1.29, 1.82) is 0 Å². The molecule has 21 heavy (non-hydrogen) atoms. The van der Waals surface area contributed by atoms with Crippen molar-refractivity contribution < 1.29 is 13.2 Å². The highest BCUT2D eigenvalue weighted by Crippen LogP contribution is 2.21. The van der Waals surface area contributed by atoms with Gasteiger partial charge in [0.15, 0.2) is 0 Å². The van der Waals surface area contributed by atoms with Gasteiger partial charge in [0.2, 0.25) is 0 Å². The van der Waals surface area contributed by atoms with Gasteiger partial charge >= 0.3 is 0 Å². The van der Waals surface area contributed by atoms with E-state index in [-0.39, 0.29) is 16.1 Å². The maximum absolute atomic E-state index is 12.4. The molecule has 0 atom stereocenters. The fourth-order valence-corrected chi connectivity index (χ4v) is 3.26. The number of nitrogens with zero attached hydrogens (tertiary/aromatic N) is 2. The molecule has 0 fully saturated rings. The lowest BCUT2D eigenvalue weighted by Crippen LogP contribution is -2.19. The van der Waals surface area contributed by atoms with Crippen molar-refractivity contribution in [3.05, 3.63) is 41.7 Å². The molecule has 2 rings (SSSR count). The lowest BCUT2D eigenvalue weighted by atomic mass is 10.2. The first-order chi connectivity index (χ1) is 9.86. The van der Waals surface area contributed by atoms with E-state index in [9.17, 15) is 13.2 Å². The Kier molecular flexibility index (Phi) is 3.99. The van der Waals surface area contributed by atoms with Crippen LogP contribution in [-0.4, -0.2) is 24.1 Å². The number of sulfonamides is 1. The van der Waals surface area contributed by atoms with Crippen LogP contribution in [0.3, 0.4) is 0 Å². The van der Waals surface area contributed by atoms with Gasteiger partial charge in [-0.1, -0.05) is 12.1 Å². The molecule has 1 aromatic heterocycles. The fraction of sp³-hybridized carbons (Fsp3) is 0.231. The molecule has 3 N–H and O–H groups in total. The van der Waals surface area contributed by atoms with Gasteiger partial charge in [-0.05, 0) is 26.0 Å². The minimum atomic E-state index is -3.83. The van der Waals surface area contributed by atoms with E-state index in [0.29, 0.717) is 12.2 Å². The van der Waals surface area contributed by atoms with Gasteiger partial charge in [0.1, 0.15) is 4.90 Å². The number of carbonyl (C=O) groups is 1. The zero-order valence-electron chi connectivity index (χ0n) is 11.7. The predicted octanol–water partition coefficient (Wildman–Crippen LogP) is 1.11. The zero-order chi connectivity index (χ0) is 15.6. The van der Waals surface area contributed by atoms with Crippen LogP contribution in [0, 0.1) is 6.92 Å². The molecule has 0 aliphatic rings. The number of benzene rings is 1. The number of carbonyl (C=O) groups excluding carboxylic acids is 1. The van der Waals surface area contributed by atoms with E-state index in [4.69, 9.17) is 5.73 Å². The van der Waals surface area contributed by atoms with Crippen molar-refractivity contribution in [3.8, 4) is 0 Å². The molecule has 1 heterocycles. The summed E-state index contributed by atoms with van der Waals surface area (Å²) in [6.07, 6.45) is 1.29. The van der Waals surface area contributed by atoms with Crippen molar-refractivity contribution in [1.82, 2.24) is 9.78 Å². The van der Waals surface area contributed by atoms with E-state index in [1.165, 1.54) is 18.3 Å². The number of aryl methyl sites for hydroxylation is 1. The Bertz CT molecular complexity index is 780. The maximum Gasteiger partial charge on any atom is 0.265 e. The summed E-state index contributed by atoms with van der Waals surface area (Å²) >= 11 is 0. The van der Waals surface area contributed by atoms with E-state index in [1.54, 1.807) is 23.7 Å². The molecule has 0 unspecified atom stereocenters. The van der Waals surface area contributed by atoms with Crippen molar-refractivity contribution >= 4 is 21.6 Å². The number of anilines is 1. The van der Waals surface area contributed by atoms with Crippen molar-refractivity contribution in [2.75, 3.05) is 4.72 Å². The highest BCUT2D eigenvalue weighted by molar-refractivity contribution is 7.92. The third-order valence-corrected chi connectivity index (χ3v) is 4.55. The molecule has 112 valence electrons. The van der Waals surface area contributed by atoms with Gasteiger partial charge in [0.05, 0.1) is 23.1 Å². The normalized spacial score (nSPS) is 11.3. The smallest absolute Gasteiger partial charge is 0.265 e. The van der Waals surface area contributed by atoms with Crippen LogP contribution >= 0.6 is 0 Å². The average Bonchev–Trinajstić information content (AvgIpc) is 2.80. The summed E-state index contributed by atoms with van der Waals surface area (Å²) in [6, 6.07) is 6.17. The van der Waals surface area contributed by atoms with Gasteiger partial charge in [-0.25, -0.2) is 8.42 Å². The minimum absolute atomic E-state index is 0.0728. The van der Waals surface area contributed by atoms with Crippen molar-refractivity contribution in [2.24, 2.45) is 5.73 Å². The van der Waals surface area contributed by atoms with Gasteiger partial charge in [0.25, 0.3) is 15.9 Å². The van der Waals surface area contributed by atoms with Crippen LogP contribution in [0.2, 0.25) is 0 Å². The average molecular weight is 308 g/mol. The summed E-state index contributed by atoms with van der Waals surface area (Å²) in [7, 11) is -3.83. The standard InChI is InChI=1S/C13H16N4O3S/c1-3-17-9(2)12(8-15-17)21(19,20)16-11-7-5-4-6-10(11)13(14)18/h4-8,16H,3H2,1-2H3,(H2,14,18). The lowest BCUT2D eigenvalue weighted by molar-refractivity contribution is 0.100. The van der Waals surface area contributed by atoms with Crippen molar-refractivity contribution in [3.63, 3.8) is 0 Å². The van der Waals surface area contributed by atoms with Crippen LogP contribution in [0.5, 0.6) is 0 Å². The molecule has 0 spiro atoms. The summed E-state index contributed by atoms with van der Waals surface area (Å²) < 4.78 is 28.8. The molecule has 0 aliphatic carbocycles. The summed E-state index contributed by atoms with van der Waals surface area (Å²) in [5, 5.41) is 4.01. The number of rotatable bonds is 5. The van der Waals surface area contributed by atoms with Gasteiger partial charge in [-0.2, -0.15) is 5.10 Å². The van der Waals surface area contributed by atoms with Gasteiger partial charge in [-0.3, -0.25) is 14.2 Å². The van der Waals surface area contributed by atoms with E-state index in [2.05, 4.69) is 9.82 Å². The molecule has 0 saturated carbocycles. The lowest BCUT2D eigenvalue weighted by Gasteiger charge is -2.10. The number of para-hydroxylation sites is 1. The number of hydrogen-bond acceptors (Lipinski definition) is 4. The molecule has 0 radical (unpaired) electrons. The SMILES string of the molecule is CCn1ncc(S(=O)(=O)Nc2ccccc2C(N)=O)c1C. The molecule has 0 saturated heterocycles. The number of aromatic nitrogens is 2. The second kappa shape index (κ2) is 5.57. The van der Waals surface area contributed by atoms with E-state index in [1.807, 2.05) is 6.92 Å². The van der Waals surface area contributed by atoms with E-state index < -0.39 is 15.9 Å². The van der Waals surface area contributed by atoms with Crippen molar-refractivity contribution in [2.45, 2.75) is 25.3 Å². The Labute approximate surface area is 122 Å². The first-order valence-electron chi connectivity index (χ1n) is 6.31. The van der Waals surface area contributed by atoms with E-state index in [0.717, 1.165) is 0 Å². The number of primary amides is 1. The quantitative estimate of drug-likeness (QED) is 0.862. The number of hydrogen-bond donors (Lipinski definition) is 2. The summed E-state index contributed by atoms with van der Waals surface area (Å²) in [5.41, 5.74) is 6.03. The van der Waals surface area contributed by atoms with Crippen LogP contribution in [0.1, 0.15) is 23.0 Å². The molecule has 0 bridgehead atoms. The summed E-state index contributed by atoms with van der Waals surface area (Å²) in [4.78, 5) is 11.4. The summed E-state index contributed by atoms with van der Waals surface area (Å²) in [5.74, 6) is -0.700. The number of amides is 1. The largest absolute Gasteiger partial charge is 0.366 e. The monoisotopic (exact) mass is 308 g/mol. The number of nitrogens with two attached hydrogens (primary N) is 1. The molecular formula is C13H16N4O3S. The molecule has 2 aromatic rings. The van der Waals surface area contributed by atoms with Gasteiger partial charge in [-0.15, -0.1) is 0 Å². The third kappa shape index (κ3) is 2.89. The fourth-order valence-electron chi connectivity index (χ4n) is 2.00. The molecule has 1 aromatic carbocycles. The molecule has 7 nitrogen and oxygen atoms in total. The number of nitrogens with one attached hydrogen (secondary N) is 1. The highest BCUT2D eigenvalue weighted by atomic mass is 32.2. The van der Waals surface area contributed by atoms with Crippen LogP contribution in [0.25, 0.3) is 0 Å². The summed E-state index contributed by atoms with van der Waals surface area (Å²) in [6.45, 7) is 4.11. The Balaban J connectivity index is 2.43. The zero-order valence-corrected chi connectivity index (χ0v) is 12.5.